The van der Waals surface area contributed by atoms with E-state index in [1.165, 1.54) is 12.1 Å². The van der Waals surface area contributed by atoms with Crippen LogP contribution >= 0.6 is 11.6 Å². The summed E-state index contributed by atoms with van der Waals surface area (Å²) in [6.45, 7) is 4.06. The van der Waals surface area contributed by atoms with Crippen molar-refractivity contribution < 1.29 is 9.13 Å². The standard InChI is InChI=1S/C25H29ClFN7O/c1-3-33-24(28)19-12-30-11-18(15-4-6-16(27)7-5-15)23(19)34(25(33)29)17-8-9-20(21(10-17)35-2)32-13-22(26)31-14-32/h4-10,13-14,18,24-25,30H,3,11-12,28-29H2,1-2H3. The van der Waals surface area contributed by atoms with Crippen LogP contribution in [-0.4, -0.2) is 53.7 Å². The predicted molar refractivity (Wildman–Crippen MR) is 135 cm³/mol. The number of benzene rings is 2. The number of hydrogen-bond acceptors (Lipinski definition) is 7. The van der Waals surface area contributed by atoms with Gasteiger partial charge in [0, 0.05) is 49.2 Å². The Morgan fingerprint density at radius 2 is 1.97 bits per heavy atom. The van der Waals surface area contributed by atoms with Crippen molar-refractivity contribution in [1.82, 2.24) is 19.8 Å². The van der Waals surface area contributed by atoms with Crippen LogP contribution in [0.5, 0.6) is 5.75 Å². The molecule has 2 aliphatic rings. The van der Waals surface area contributed by atoms with E-state index in [0.717, 1.165) is 28.2 Å². The van der Waals surface area contributed by atoms with Crippen molar-refractivity contribution in [3.63, 3.8) is 0 Å². The molecule has 10 heteroatoms. The molecule has 3 atom stereocenters. The second-order valence-electron chi connectivity index (χ2n) is 8.66. The molecule has 2 aliphatic heterocycles. The summed E-state index contributed by atoms with van der Waals surface area (Å²) < 4.78 is 21.3. The summed E-state index contributed by atoms with van der Waals surface area (Å²) in [5, 5.41) is 3.89. The van der Waals surface area contributed by atoms with E-state index in [1.54, 1.807) is 19.6 Å². The summed E-state index contributed by atoms with van der Waals surface area (Å²) >= 11 is 6.03. The topological polar surface area (TPSA) is 97.6 Å². The van der Waals surface area contributed by atoms with Crippen LogP contribution < -0.4 is 26.4 Å². The van der Waals surface area contributed by atoms with Crippen molar-refractivity contribution in [2.45, 2.75) is 25.3 Å². The van der Waals surface area contributed by atoms with Gasteiger partial charge in [-0.3, -0.25) is 10.6 Å². The number of nitrogens with one attached hydrogen (secondary N) is 1. The molecular formula is C25H29ClFN7O. The summed E-state index contributed by atoms with van der Waals surface area (Å²) in [4.78, 5) is 8.29. The van der Waals surface area contributed by atoms with Gasteiger partial charge in [0.15, 0.2) is 0 Å². The molecule has 1 aromatic heterocycles. The minimum absolute atomic E-state index is 0.0476. The van der Waals surface area contributed by atoms with Crippen molar-refractivity contribution in [3.8, 4) is 11.4 Å². The van der Waals surface area contributed by atoms with Gasteiger partial charge in [-0.1, -0.05) is 30.7 Å². The molecule has 0 saturated heterocycles. The average Bonchev–Trinajstić information content (AvgIpc) is 3.30. The number of methoxy groups -OCH3 is 1. The van der Waals surface area contributed by atoms with E-state index in [1.807, 2.05) is 41.8 Å². The summed E-state index contributed by atoms with van der Waals surface area (Å²) in [5.41, 5.74) is 18.4. The largest absolute Gasteiger partial charge is 0.494 e. The highest BCUT2D eigenvalue weighted by atomic mass is 35.5. The van der Waals surface area contributed by atoms with Gasteiger partial charge in [-0.25, -0.2) is 9.37 Å². The molecule has 0 bridgehead atoms. The van der Waals surface area contributed by atoms with Crippen molar-refractivity contribution in [2.75, 3.05) is 31.6 Å². The number of likely N-dealkylation sites (N-methyl/N-ethyl adjacent to an activating group) is 1. The number of aromatic nitrogens is 2. The van der Waals surface area contributed by atoms with Crippen LogP contribution in [0.3, 0.4) is 0 Å². The molecule has 2 aromatic carbocycles. The summed E-state index contributed by atoms with van der Waals surface area (Å²) in [5.74, 6) is 0.336. The molecule has 5 rings (SSSR count). The van der Waals surface area contributed by atoms with Crippen molar-refractivity contribution in [3.05, 3.63) is 82.8 Å². The molecule has 0 radical (unpaired) electrons. The van der Waals surface area contributed by atoms with Crippen molar-refractivity contribution in [2.24, 2.45) is 11.5 Å². The molecule has 3 aromatic rings. The maximum atomic E-state index is 13.7. The quantitative estimate of drug-likeness (QED) is 0.498. The Morgan fingerprint density at radius 3 is 2.63 bits per heavy atom. The molecule has 184 valence electrons. The Kier molecular flexibility index (Phi) is 6.52. The van der Waals surface area contributed by atoms with Gasteiger partial charge in [0.25, 0.3) is 0 Å². The Balaban J connectivity index is 1.65. The monoisotopic (exact) mass is 497 g/mol. The average molecular weight is 498 g/mol. The Morgan fingerprint density at radius 1 is 1.20 bits per heavy atom. The van der Waals surface area contributed by atoms with Gasteiger partial charge in [0.1, 0.15) is 29.3 Å². The lowest BCUT2D eigenvalue weighted by Crippen LogP contribution is -2.66. The molecule has 0 saturated carbocycles. The van der Waals surface area contributed by atoms with Gasteiger partial charge in [-0.05, 0) is 35.4 Å². The zero-order chi connectivity index (χ0) is 24.7. The Hall–Kier alpha value is -2.95. The Labute approximate surface area is 208 Å². The van der Waals surface area contributed by atoms with E-state index in [0.29, 0.717) is 30.5 Å². The van der Waals surface area contributed by atoms with Gasteiger partial charge >= 0.3 is 0 Å². The van der Waals surface area contributed by atoms with E-state index in [4.69, 9.17) is 27.8 Å². The molecular weight excluding hydrogens is 469 g/mol. The molecule has 0 aliphatic carbocycles. The maximum absolute atomic E-state index is 13.7. The molecule has 5 N–H and O–H groups in total. The number of rotatable bonds is 5. The molecule has 0 spiro atoms. The highest BCUT2D eigenvalue weighted by Gasteiger charge is 2.42. The normalized spacial score (nSPS) is 22.9. The summed E-state index contributed by atoms with van der Waals surface area (Å²) in [7, 11) is 1.63. The van der Waals surface area contributed by atoms with E-state index in [2.05, 4.69) is 20.1 Å². The third kappa shape index (κ3) is 4.19. The van der Waals surface area contributed by atoms with Crippen molar-refractivity contribution >= 4 is 17.3 Å². The first-order valence-corrected chi connectivity index (χ1v) is 11.9. The fourth-order valence-corrected chi connectivity index (χ4v) is 5.25. The number of nitrogens with two attached hydrogens (primary N) is 2. The summed E-state index contributed by atoms with van der Waals surface area (Å²) in [6, 6.07) is 12.6. The molecule has 0 amide bonds. The molecule has 35 heavy (non-hydrogen) atoms. The number of nitrogens with zero attached hydrogens (tertiary/aromatic N) is 4. The van der Waals surface area contributed by atoms with E-state index in [9.17, 15) is 4.39 Å². The third-order valence-corrected chi connectivity index (χ3v) is 7.00. The van der Waals surface area contributed by atoms with Gasteiger partial charge in [-0.15, -0.1) is 0 Å². The predicted octanol–water partition coefficient (Wildman–Crippen LogP) is 2.98. The van der Waals surface area contributed by atoms with Crippen LogP contribution in [0.1, 0.15) is 18.4 Å². The van der Waals surface area contributed by atoms with Crippen LogP contribution in [0.4, 0.5) is 10.1 Å². The summed E-state index contributed by atoms with van der Waals surface area (Å²) in [6.07, 6.45) is 2.54. The number of anilines is 1. The van der Waals surface area contributed by atoms with Crippen LogP contribution in [0, 0.1) is 5.82 Å². The molecule has 3 heterocycles. The molecule has 3 unspecified atom stereocenters. The SMILES string of the molecule is CCN1C(N)C2=C(C(c3ccc(F)cc3)CNC2)N(c2ccc(-n3cnc(Cl)c3)c(OC)c2)C1N. The lowest BCUT2D eigenvalue weighted by atomic mass is 9.86. The number of ether oxygens (including phenoxy) is 1. The first-order valence-electron chi connectivity index (χ1n) is 11.6. The van der Waals surface area contributed by atoms with Gasteiger partial charge < -0.3 is 25.3 Å². The third-order valence-electron chi connectivity index (χ3n) is 6.81. The second-order valence-corrected chi connectivity index (χ2v) is 9.05. The molecule has 8 nitrogen and oxygen atoms in total. The fraction of sp³-hybridized carbons (Fsp3) is 0.320. The minimum atomic E-state index is -0.493. The van der Waals surface area contributed by atoms with E-state index < -0.39 is 6.29 Å². The smallest absolute Gasteiger partial charge is 0.147 e. The van der Waals surface area contributed by atoms with E-state index >= 15 is 0 Å². The number of imidazole rings is 1. The van der Waals surface area contributed by atoms with Crippen molar-refractivity contribution in [1.29, 1.82) is 0 Å². The Bertz CT molecular complexity index is 1240. The van der Waals surface area contributed by atoms with Gasteiger partial charge in [0.2, 0.25) is 0 Å². The number of halogens is 2. The van der Waals surface area contributed by atoms with Crippen LogP contribution in [0.25, 0.3) is 5.69 Å². The zero-order valence-electron chi connectivity index (χ0n) is 19.7. The second kappa shape index (κ2) is 9.60. The number of hydrogen-bond donors (Lipinski definition) is 3. The fourth-order valence-electron chi connectivity index (χ4n) is 5.10. The minimum Gasteiger partial charge on any atom is -0.494 e. The maximum Gasteiger partial charge on any atom is 0.147 e. The van der Waals surface area contributed by atoms with Crippen LogP contribution in [0.2, 0.25) is 5.15 Å². The zero-order valence-corrected chi connectivity index (χ0v) is 20.4. The van der Waals surface area contributed by atoms with Gasteiger partial charge in [-0.2, -0.15) is 0 Å². The van der Waals surface area contributed by atoms with Crippen LogP contribution in [-0.2, 0) is 0 Å². The van der Waals surface area contributed by atoms with E-state index in [-0.39, 0.29) is 17.9 Å². The van der Waals surface area contributed by atoms with Crippen LogP contribution in [0.15, 0.2) is 66.3 Å². The highest BCUT2D eigenvalue weighted by molar-refractivity contribution is 6.29. The first-order chi connectivity index (χ1) is 16.9. The highest BCUT2D eigenvalue weighted by Crippen LogP contribution is 2.41. The molecule has 0 fully saturated rings. The lowest BCUT2D eigenvalue weighted by molar-refractivity contribution is 0.145. The first kappa shape index (κ1) is 23.8. The van der Waals surface area contributed by atoms with Gasteiger partial charge in [0.05, 0.1) is 19.0 Å². The lowest BCUT2D eigenvalue weighted by Gasteiger charge is -2.51.